The van der Waals surface area contributed by atoms with Gasteiger partial charge in [0.1, 0.15) is 11.1 Å². The van der Waals surface area contributed by atoms with E-state index in [9.17, 15) is 4.79 Å². The first-order chi connectivity index (χ1) is 12.2. The Morgan fingerprint density at radius 2 is 2.12 bits per heavy atom. The highest BCUT2D eigenvalue weighted by Crippen LogP contribution is 2.20. The Balaban J connectivity index is 2.61. The average Bonchev–Trinajstić information content (AvgIpc) is 3.04. The maximum absolute atomic E-state index is 11.9. The number of hydrogen-bond donors (Lipinski definition) is 2. The number of nitrogens with one attached hydrogen (secondary N) is 2. The average molecular weight is 384 g/mol. The number of carbonyl (C=O) groups excluding carboxylic acids is 1. The molecule has 0 radical (unpaired) electrons. The van der Waals surface area contributed by atoms with Gasteiger partial charge in [-0.05, 0) is 13.8 Å². The maximum Gasteiger partial charge on any atom is 0.225 e. The summed E-state index contributed by atoms with van der Waals surface area (Å²) in [5.41, 5.74) is 0.607. The summed E-state index contributed by atoms with van der Waals surface area (Å²) in [6, 6.07) is 0. The van der Waals surface area contributed by atoms with Crippen molar-refractivity contribution < 1.29 is 9.53 Å². The highest BCUT2D eigenvalue weighted by Gasteiger charge is 2.20. The van der Waals surface area contributed by atoms with Crippen LogP contribution in [0.3, 0.4) is 0 Å². The molecule has 1 atom stereocenters. The molecule has 1 unspecified atom stereocenters. The van der Waals surface area contributed by atoms with Crippen LogP contribution in [0, 0.1) is 5.41 Å². The van der Waals surface area contributed by atoms with E-state index in [4.69, 9.17) is 4.74 Å². The maximum atomic E-state index is 11.9. The number of guanidine groups is 1. The van der Waals surface area contributed by atoms with E-state index < -0.39 is 0 Å². The Morgan fingerprint density at radius 1 is 1.42 bits per heavy atom. The van der Waals surface area contributed by atoms with Crippen LogP contribution in [0.2, 0.25) is 0 Å². The van der Waals surface area contributed by atoms with Gasteiger partial charge < -0.3 is 20.3 Å². The molecule has 0 aliphatic rings. The fourth-order valence-corrected chi connectivity index (χ4v) is 2.91. The third kappa shape index (κ3) is 7.29. The number of methoxy groups -OCH3 is 1. The van der Waals surface area contributed by atoms with Crippen molar-refractivity contribution in [1.82, 2.24) is 20.5 Å². The number of aromatic nitrogens is 1. The summed E-state index contributed by atoms with van der Waals surface area (Å²) in [6.07, 6.45) is 0.00684. The molecule has 1 aromatic heterocycles. The lowest BCUT2D eigenvalue weighted by Crippen LogP contribution is -2.40. The fourth-order valence-electron chi connectivity index (χ4n) is 2.07. The van der Waals surface area contributed by atoms with Gasteiger partial charge in [-0.2, -0.15) is 0 Å². The molecule has 26 heavy (non-hydrogen) atoms. The number of amides is 1. The van der Waals surface area contributed by atoms with Crippen molar-refractivity contribution in [1.29, 1.82) is 0 Å². The predicted octanol–water partition coefficient (Wildman–Crippen LogP) is 2.41. The molecule has 0 aliphatic carbocycles. The Labute approximate surface area is 161 Å². The van der Waals surface area contributed by atoms with Crippen molar-refractivity contribution in [3.05, 3.63) is 16.1 Å². The van der Waals surface area contributed by atoms with Crippen LogP contribution < -0.4 is 10.6 Å². The molecule has 148 valence electrons. The minimum atomic E-state index is -0.382. The first-order valence-corrected chi connectivity index (χ1v) is 9.81. The second-order valence-corrected chi connectivity index (χ2v) is 8.04. The minimum absolute atomic E-state index is 0.00684. The van der Waals surface area contributed by atoms with E-state index >= 15 is 0 Å². The molecule has 1 heterocycles. The van der Waals surface area contributed by atoms with Crippen molar-refractivity contribution in [3.8, 4) is 0 Å². The molecule has 0 spiro atoms. The van der Waals surface area contributed by atoms with E-state index in [1.165, 1.54) is 0 Å². The number of thiazole rings is 1. The van der Waals surface area contributed by atoms with E-state index in [2.05, 4.69) is 26.0 Å². The number of ether oxygens (including phenoxy) is 1. The zero-order valence-electron chi connectivity index (χ0n) is 17.0. The fraction of sp³-hybridized carbons (Fsp3) is 0.722. The second-order valence-electron chi connectivity index (χ2n) is 7.15. The second kappa shape index (κ2) is 10.5. The third-order valence-corrected chi connectivity index (χ3v) is 4.76. The molecule has 0 aliphatic heterocycles. The largest absolute Gasteiger partial charge is 0.375 e. The topological polar surface area (TPSA) is 78.9 Å². The summed E-state index contributed by atoms with van der Waals surface area (Å²) < 4.78 is 5.31. The van der Waals surface area contributed by atoms with Crippen LogP contribution in [0.4, 0.5) is 0 Å². The zero-order chi connectivity index (χ0) is 19.7. The van der Waals surface area contributed by atoms with Gasteiger partial charge in [0.05, 0.1) is 18.8 Å². The van der Waals surface area contributed by atoms with Crippen LogP contribution in [0.5, 0.6) is 0 Å². The molecule has 0 saturated heterocycles. The van der Waals surface area contributed by atoms with Gasteiger partial charge in [-0.25, -0.2) is 4.98 Å². The van der Waals surface area contributed by atoms with Crippen molar-refractivity contribution >= 4 is 23.2 Å². The van der Waals surface area contributed by atoms with Crippen LogP contribution in [-0.4, -0.2) is 55.5 Å². The summed E-state index contributed by atoms with van der Waals surface area (Å²) in [6.45, 7) is 12.2. The minimum Gasteiger partial charge on any atom is -0.375 e. The van der Waals surface area contributed by atoms with Crippen LogP contribution in [0.25, 0.3) is 0 Å². The van der Waals surface area contributed by atoms with Crippen LogP contribution in [-0.2, 0) is 16.1 Å². The molecule has 1 rings (SSSR count). The lowest BCUT2D eigenvalue weighted by atomic mass is 9.96. The summed E-state index contributed by atoms with van der Waals surface area (Å²) in [7, 11) is 3.67. The van der Waals surface area contributed by atoms with E-state index in [0.29, 0.717) is 19.6 Å². The van der Waals surface area contributed by atoms with Crippen LogP contribution in [0.1, 0.15) is 51.4 Å². The molecule has 7 nitrogen and oxygen atoms in total. The highest BCUT2D eigenvalue weighted by atomic mass is 32.1. The number of carbonyl (C=O) groups is 1. The number of nitrogens with zero attached hydrogens (tertiary/aromatic N) is 3. The van der Waals surface area contributed by atoms with Crippen molar-refractivity contribution in [2.45, 2.75) is 47.3 Å². The van der Waals surface area contributed by atoms with Gasteiger partial charge in [0.15, 0.2) is 5.96 Å². The summed E-state index contributed by atoms with van der Waals surface area (Å²) in [5, 5.41) is 9.21. The van der Waals surface area contributed by atoms with Crippen LogP contribution >= 0.6 is 11.3 Å². The van der Waals surface area contributed by atoms with Gasteiger partial charge in [-0.1, -0.05) is 20.8 Å². The number of rotatable bonds is 8. The standard InChI is InChI=1S/C18H33N5O2S/c1-8-19-17(21-10-9-20-16(24)18(3,4)5)23(6)11-14-12-26-15(22-14)13(2)25-7/h12-13H,8-11H2,1-7H3,(H,19,21)(H,20,24). The van der Waals surface area contributed by atoms with Gasteiger partial charge >= 0.3 is 0 Å². The molecule has 1 aromatic rings. The van der Waals surface area contributed by atoms with Gasteiger partial charge in [0.25, 0.3) is 0 Å². The number of hydrogen-bond acceptors (Lipinski definition) is 5. The Morgan fingerprint density at radius 3 is 2.69 bits per heavy atom. The van der Waals surface area contributed by atoms with Crippen molar-refractivity contribution in [3.63, 3.8) is 0 Å². The summed E-state index contributed by atoms with van der Waals surface area (Å²) in [5.74, 6) is 0.833. The van der Waals surface area contributed by atoms with E-state index in [1.807, 2.05) is 46.6 Å². The van der Waals surface area contributed by atoms with E-state index in [1.54, 1.807) is 18.4 Å². The van der Waals surface area contributed by atoms with Crippen LogP contribution in [0.15, 0.2) is 10.4 Å². The monoisotopic (exact) mass is 383 g/mol. The van der Waals surface area contributed by atoms with Gasteiger partial charge in [0.2, 0.25) is 5.91 Å². The lowest BCUT2D eigenvalue weighted by Gasteiger charge is -2.21. The van der Waals surface area contributed by atoms with Gasteiger partial charge in [0, 0.05) is 38.0 Å². The molecule has 0 saturated carbocycles. The summed E-state index contributed by atoms with van der Waals surface area (Å²) in [4.78, 5) is 23.1. The molecular weight excluding hydrogens is 350 g/mol. The molecular formula is C18H33N5O2S. The van der Waals surface area contributed by atoms with E-state index in [0.717, 1.165) is 23.2 Å². The van der Waals surface area contributed by atoms with Crippen molar-refractivity contribution in [2.24, 2.45) is 10.4 Å². The molecule has 0 aromatic carbocycles. The number of aliphatic imine (C=N–C) groups is 1. The zero-order valence-corrected chi connectivity index (χ0v) is 17.9. The SMILES string of the molecule is CCNC(=NCCNC(=O)C(C)(C)C)N(C)Cc1csc(C(C)OC)n1. The Kier molecular flexibility index (Phi) is 9.01. The predicted molar refractivity (Wildman–Crippen MR) is 107 cm³/mol. The van der Waals surface area contributed by atoms with Gasteiger partial charge in [-0.15, -0.1) is 11.3 Å². The first-order valence-electron chi connectivity index (χ1n) is 8.93. The first kappa shape index (κ1) is 22.4. The molecule has 0 fully saturated rings. The third-order valence-electron chi connectivity index (χ3n) is 3.71. The molecule has 1 amide bonds. The lowest BCUT2D eigenvalue weighted by molar-refractivity contribution is -0.128. The quantitative estimate of drug-likeness (QED) is 0.409. The molecule has 2 N–H and O–H groups in total. The van der Waals surface area contributed by atoms with Crippen molar-refractivity contribution in [2.75, 3.05) is 33.8 Å². The highest BCUT2D eigenvalue weighted by molar-refractivity contribution is 7.09. The Hall–Kier alpha value is -1.67. The Bertz CT molecular complexity index is 595. The van der Waals surface area contributed by atoms with Gasteiger partial charge in [-0.3, -0.25) is 9.79 Å². The summed E-state index contributed by atoms with van der Waals surface area (Å²) >= 11 is 1.61. The molecule has 8 heteroatoms. The van der Waals surface area contributed by atoms with E-state index in [-0.39, 0.29) is 17.4 Å². The normalized spacial score (nSPS) is 13.4. The smallest absolute Gasteiger partial charge is 0.225 e. The molecule has 0 bridgehead atoms.